The molecule has 0 spiro atoms. The van der Waals surface area contributed by atoms with Gasteiger partial charge in [0.25, 0.3) is 0 Å². The summed E-state index contributed by atoms with van der Waals surface area (Å²) in [6.07, 6.45) is 3.20. The highest BCUT2D eigenvalue weighted by atomic mass is 16.2. The molecule has 4 nitrogen and oxygen atoms in total. The van der Waals surface area contributed by atoms with Crippen LogP contribution in [0.25, 0.3) is 0 Å². The molecule has 4 heteroatoms. The van der Waals surface area contributed by atoms with Gasteiger partial charge in [-0.1, -0.05) is 37.3 Å². The van der Waals surface area contributed by atoms with Crippen molar-refractivity contribution in [2.24, 2.45) is 5.92 Å². The molecule has 0 radical (unpaired) electrons. The van der Waals surface area contributed by atoms with Crippen molar-refractivity contribution in [1.82, 2.24) is 10.2 Å². The van der Waals surface area contributed by atoms with Gasteiger partial charge in [0.2, 0.25) is 11.8 Å². The van der Waals surface area contributed by atoms with Crippen molar-refractivity contribution < 1.29 is 9.59 Å². The first kappa shape index (κ1) is 15.5. The van der Waals surface area contributed by atoms with Crippen molar-refractivity contribution in [2.45, 2.75) is 32.6 Å². The number of nitrogens with one attached hydrogen (secondary N) is 1. The minimum atomic E-state index is -0.166. The van der Waals surface area contributed by atoms with Crippen LogP contribution in [0.15, 0.2) is 30.3 Å². The third-order valence-electron chi connectivity index (χ3n) is 3.86. The average molecular weight is 288 g/mol. The summed E-state index contributed by atoms with van der Waals surface area (Å²) in [6.45, 7) is 4.06. The molecule has 1 fully saturated rings. The van der Waals surface area contributed by atoms with Gasteiger partial charge in [0.1, 0.15) is 0 Å². The monoisotopic (exact) mass is 288 g/mol. The molecular formula is C17H24N2O2. The minimum absolute atomic E-state index is 0.0232. The van der Waals surface area contributed by atoms with Gasteiger partial charge >= 0.3 is 0 Å². The second-order valence-electron chi connectivity index (χ2n) is 5.62. The summed E-state index contributed by atoms with van der Waals surface area (Å²) in [5.74, 6) is -0.0305. The van der Waals surface area contributed by atoms with Gasteiger partial charge in [0, 0.05) is 26.1 Å². The van der Waals surface area contributed by atoms with Crippen LogP contribution in [0.4, 0.5) is 0 Å². The summed E-state index contributed by atoms with van der Waals surface area (Å²) in [7, 11) is 0. The van der Waals surface area contributed by atoms with Crippen LogP contribution in [0.3, 0.4) is 0 Å². The Morgan fingerprint density at radius 3 is 2.81 bits per heavy atom. The van der Waals surface area contributed by atoms with Crippen molar-refractivity contribution in [3.05, 3.63) is 35.9 Å². The van der Waals surface area contributed by atoms with E-state index < -0.39 is 0 Å². The number of aryl methyl sites for hydroxylation is 1. The standard InChI is InChI=1S/C17H24N2O2/c1-2-11-19-13-15(12-16(19)20)17(21)18-10-6-9-14-7-4-3-5-8-14/h3-5,7-8,15H,2,6,9-13H2,1H3,(H,18,21). The molecule has 1 aliphatic heterocycles. The molecule has 2 amide bonds. The maximum atomic E-state index is 12.1. The van der Waals surface area contributed by atoms with Crippen molar-refractivity contribution >= 4 is 11.8 Å². The largest absolute Gasteiger partial charge is 0.356 e. The van der Waals surface area contributed by atoms with Crippen LogP contribution >= 0.6 is 0 Å². The summed E-state index contributed by atoms with van der Waals surface area (Å²) < 4.78 is 0. The molecule has 1 aliphatic rings. The van der Waals surface area contributed by atoms with Gasteiger partial charge in [-0.05, 0) is 24.8 Å². The molecule has 1 aromatic carbocycles. The van der Waals surface area contributed by atoms with E-state index in [2.05, 4.69) is 17.4 Å². The van der Waals surface area contributed by atoms with E-state index in [1.54, 1.807) is 4.90 Å². The number of likely N-dealkylation sites (tertiary alicyclic amines) is 1. The van der Waals surface area contributed by atoms with E-state index in [-0.39, 0.29) is 17.7 Å². The Kier molecular flexibility index (Phi) is 5.78. The van der Waals surface area contributed by atoms with Gasteiger partial charge in [-0.15, -0.1) is 0 Å². The molecule has 1 atom stereocenters. The minimum Gasteiger partial charge on any atom is -0.356 e. The maximum absolute atomic E-state index is 12.1. The second kappa shape index (κ2) is 7.81. The van der Waals surface area contributed by atoms with Crippen LogP contribution in [-0.2, 0) is 16.0 Å². The second-order valence-corrected chi connectivity index (χ2v) is 5.62. The SMILES string of the molecule is CCCN1CC(C(=O)NCCCc2ccccc2)CC1=O. The highest BCUT2D eigenvalue weighted by Crippen LogP contribution is 2.18. The Labute approximate surface area is 126 Å². The van der Waals surface area contributed by atoms with Crippen molar-refractivity contribution in [3.63, 3.8) is 0 Å². The Hall–Kier alpha value is -1.84. The first-order valence-electron chi connectivity index (χ1n) is 7.80. The van der Waals surface area contributed by atoms with Crippen molar-refractivity contribution in [1.29, 1.82) is 0 Å². The van der Waals surface area contributed by atoms with Crippen LogP contribution in [0.5, 0.6) is 0 Å². The lowest BCUT2D eigenvalue weighted by molar-refractivity contribution is -0.129. The number of carbonyl (C=O) groups is 2. The molecule has 1 aromatic rings. The van der Waals surface area contributed by atoms with Gasteiger partial charge < -0.3 is 10.2 Å². The normalized spacial score (nSPS) is 18.0. The van der Waals surface area contributed by atoms with E-state index in [1.807, 2.05) is 25.1 Å². The quantitative estimate of drug-likeness (QED) is 0.780. The van der Waals surface area contributed by atoms with Gasteiger partial charge in [-0.25, -0.2) is 0 Å². The summed E-state index contributed by atoms with van der Waals surface area (Å²) in [5, 5.41) is 2.96. The van der Waals surface area contributed by atoms with E-state index in [1.165, 1.54) is 5.56 Å². The molecule has 2 rings (SSSR count). The average Bonchev–Trinajstić information content (AvgIpc) is 2.86. The lowest BCUT2D eigenvalue weighted by Gasteiger charge is -2.15. The summed E-state index contributed by atoms with van der Waals surface area (Å²) in [4.78, 5) is 25.6. The Balaban J connectivity index is 1.67. The third-order valence-corrected chi connectivity index (χ3v) is 3.86. The van der Waals surface area contributed by atoms with Gasteiger partial charge in [0.15, 0.2) is 0 Å². The molecule has 1 unspecified atom stereocenters. The zero-order valence-corrected chi connectivity index (χ0v) is 12.7. The Morgan fingerprint density at radius 1 is 1.33 bits per heavy atom. The third kappa shape index (κ3) is 4.59. The highest BCUT2D eigenvalue weighted by molar-refractivity contribution is 5.89. The predicted octanol–water partition coefficient (Wildman–Crippen LogP) is 1.99. The first-order valence-corrected chi connectivity index (χ1v) is 7.80. The van der Waals surface area contributed by atoms with Crippen LogP contribution < -0.4 is 5.32 Å². The summed E-state index contributed by atoms with van der Waals surface area (Å²) in [5.41, 5.74) is 1.29. The van der Waals surface area contributed by atoms with Gasteiger partial charge in [-0.3, -0.25) is 9.59 Å². The van der Waals surface area contributed by atoms with Crippen molar-refractivity contribution in [2.75, 3.05) is 19.6 Å². The zero-order chi connectivity index (χ0) is 15.1. The van der Waals surface area contributed by atoms with Crippen molar-refractivity contribution in [3.8, 4) is 0 Å². The molecule has 114 valence electrons. The number of hydrogen-bond acceptors (Lipinski definition) is 2. The molecule has 1 saturated heterocycles. The van der Waals surface area contributed by atoms with Gasteiger partial charge in [-0.2, -0.15) is 0 Å². The molecule has 21 heavy (non-hydrogen) atoms. The number of rotatable bonds is 7. The molecule has 0 aliphatic carbocycles. The lowest BCUT2D eigenvalue weighted by atomic mass is 10.1. The number of benzene rings is 1. The van der Waals surface area contributed by atoms with E-state index in [9.17, 15) is 9.59 Å². The number of carbonyl (C=O) groups excluding carboxylic acids is 2. The number of amides is 2. The highest BCUT2D eigenvalue weighted by Gasteiger charge is 2.33. The van der Waals surface area contributed by atoms with Crippen LogP contribution in [0.2, 0.25) is 0 Å². The Bertz CT molecular complexity index is 473. The molecule has 0 bridgehead atoms. The van der Waals surface area contributed by atoms with E-state index in [0.717, 1.165) is 25.8 Å². The van der Waals surface area contributed by atoms with Gasteiger partial charge in [0.05, 0.1) is 5.92 Å². The van der Waals surface area contributed by atoms with Crippen LogP contribution in [0.1, 0.15) is 31.7 Å². The van der Waals surface area contributed by atoms with E-state index >= 15 is 0 Å². The molecule has 0 aromatic heterocycles. The fourth-order valence-corrected chi connectivity index (χ4v) is 2.73. The fourth-order valence-electron chi connectivity index (χ4n) is 2.73. The predicted molar refractivity (Wildman–Crippen MR) is 82.8 cm³/mol. The van der Waals surface area contributed by atoms with Crippen LogP contribution in [0, 0.1) is 5.92 Å². The summed E-state index contributed by atoms with van der Waals surface area (Å²) >= 11 is 0. The molecule has 0 saturated carbocycles. The number of hydrogen-bond donors (Lipinski definition) is 1. The molecule has 1 N–H and O–H groups in total. The number of nitrogens with zero attached hydrogens (tertiary/aromatic N) is 1. The smallest absolute Gasteiger partial charge is 0.225 e. The van der Waals surface area contributed by atoms with Crippen LogP contribution in [-0.4, -0.2) is 36.3 Å². The topological polar surface area (TPSA) is 49.4 Å². The maximum Gasteiger partial charge on any atom is 0.225 e. The zero-order valence-electron chi connectivity index (χ0n) is 12.7. The first-order chi connectivity index (χ1) is 10.2. The molecular weight excluding hydrogens is 264 g/mol. The fraction of sp³-hybridized carbons (Fsp3) is 0.529. The van der Waals surface area contributed by atoms with E-state index in [4.69, 9.17) is 0 Å². The summed E-state index contributed by atoms with van der Waals surface area (Å²) in [6, 6.07) is 10.3. The van der Waals surface area contributed by atoms with E-state index in [0.29, 0.717) is 19.5 Å². The molecule has 1 heterocycles. The Morgan fingerprint density at radius 2 is 2.10 bits per heavy atom. The lowest BCUT2D eigenvalue weighted by Crippen LogP contribution is -2.33.